The minimum Gasteiger partial charge on any atom is -0.341 e. The zero-order valence-electron chi connectivity index (χ0n) is 12.6. The SMILES string of the molecule is O=C1CCCN1CC1CCCCN1Cc1ncc(Br)cc1Br. The van der Waals surface area contributed by atoms with Crippen molar-refractivity contribution >= 4 is 37.8 Å². The number of hydrogen-bond acceptors (Lipinski definition) is 3. The lowest BCUT2D eigenvalue weighted by atomic mass is 10.0. The molecule has 120 valence electrons. The predicted octanol–water partition coefficient (Wildman–Crippen LogP) is 3.58. The second kappa shape index (κ2) is 7.41. The number of likely N-dealkylation sites (tertiary alicyclic amines) is 2. The van der Waals surface area contributed by atoms with Gasteiger partial charge in [0, 0.05) is 47.2 Å². The molecule has 0 aliphatic carbocycles. The molecule has 0 radical (unpaired) electrons. The Morgan fingerprint density at radius 3 is 2.82 bits per heavy atom. The fraction of sp³-hybridized carbons (Fsp3) is 0.625. The van der Waals surface area contributed by atoms with E-state index in [2.05, 4.69) is 41.7 Å². The van der Waals surface area contributed by atoms with Crippen molar-refractivity contribution in [1.29, 1.82) is 0 Å². The van der Waals surface area contributed by atoms with Gasteiger partial charge in [-0.3, -0.25) is 14.7 Å². The fourth-order valence-electron chi connectivity index (χ4n) is 3.38. The Kier molecular flexibility index (Phi) is 5.52. The molecule has 3 rings (SSSR count). The molecular weight excluding hydrogens is 410 g/mol. The molecule has 1 aromatic rings. The maximum Gasteiger partial charge on any atom is 0.222 e. The first-order valence-corrected chi connectivity index (χ1v) is 9.54. The number of halogens is 2. The number of carbonyl (C=O) groups excluding carboxylic acids is 1. The first kappa shape index (κ1) is 16.4. The van der Waals surface area contributed by atoms with E-state index in [1.165, 1.54) is 19.3 Å². The molecule has 1 amide bonds. The monoisotopic (exact) mass is 429 g/mol. The topological polar surface area (TPSA) is 36.4 Å². The second-order valence-electron chi connectivity index (χ2n) is 6.15. The van der Waals surface area contributed by atoms with E-state index in [1.807, 2.05) is 17.2 Å². The molecule has 1 unspecified atom stereocenters. The van der Waals surface area contributed by atoms with Gasteiger partial charge in [-0.2, -0.15) is 0 Å². The molecule has 1 atom stereocenters. The Balaban J connectivity index is 1.68. The fourth-order valence-corrected chi connectivity index (χ4v) is 4.49. The van der Waals surface area contributed by atoms with Crippen LogP contribution in [0, 0.1) is 0 Å². The van der Waals surface area contributed by atoms with Crippen LogP contribution < -0.4 is 0 Å². The van der Waals surface area contributed by atoms with Crippen molar-refractivity contribution in [2.75, 3.05) is 19.6 Å². The van der Waals surface area contributed by atoms with Gasteiger partial charge in [-0.1, -0.05) is 6.42 Å². The molecule has 1 aromatic heterocycles. The van der Waals surface area contributed by atoms with E-state index in [1.54, 1.807) is 0 Å². The van der Waals surface area contributed by atoms with Crippen molar-refractivity contribution in [3.8, 4) is 0 Å². The predicted molar refractivity (Wildman–Crippen MR) is 93.5 cm³/mol. The van der Waals surface area contributed by atoms with Crippen molar-refractivity contribution < 1.29 is 4.79 Å². The van der Waals surface area contributed by atoms with Crippen LogP contribution in [0.5, 0.6) is 0 Å². The normalized spacial score (nSPS) is 23.3. The van der Waals surface area contributed by atoms with Gasteiger partial charge in [-0.05, 0) is 63.7 Å². The van der Waals surface area contributed by atoms with Crippen LogP contribution in [-0.4, -0.2) is 46.4 Å². The third-order valence-electron chi connectivity index (χ3n) is 4.59. The average molecular weight is 431 g/mol. The zero-order chi connectivity index (χ0) is 15.5. The molecule has 0 N–H and O–H groups in total. The number of rotatable bonds is 4. The smallest absolute Gasteiger partial charge is 0.222 e. The lowest BCUT2D eigenvalue weighted by Gasteiger charge is -2.37. The van der Waals surface area contributed by atoms with Gasteiger partial charge < -0.3 is 4.90 Å². The van der Waals surface area contributed by atoms with Crippen molar-refractivity contribution in [2.24, 2.45) is 0 Å². The summed E-state index contributed by atoms with van der Waals surface area (Å²) in [6.45, 7) is 3.76. The van der Waals surface area contributed by atoms with Gasteiger partial charge in [0.05, 0.1) is 5.69 Å². The van der Waals surface area contributed by atoms with Crippen LogP contribution in [0.15, 0.2) is 21.2 Å². The van der Waals surface area contributed by atoms with Crippen LogP contribution in [0.2, 0.25) is 0 Å². The summed E-state index contributed by atoms with van der Waals surface area (Å²) >= 11 is 7.06. The van der Waals surface area contributed by atoms with Gasteiger partial charge in [0.1, 0.15) is 0 Å². The Labute approximate surface area is 148 Å². The van der Waals surface area contributed by atoms with E-state index < -0.39 is 0 Å². The van der Waals surface area contributed by atoms with E-state index in [0.717, 1.165) is 53.7 Å². The lowest BCUT2D eigenvalue weighted by molar-refractivity contribution is -0.128. The zero-order valence-corrected chi connectivity index (χ0v) is 15.8. The number of piperidine rings is 1. The summed E-state index contributed by atoms with van der Waals surface area (Å²) in [4.78, 5) is 21.0. The summed E-state index contributed by atoms with van der Waals surface area (Å²) in [5.74, 6) is 0.327. The molecule has 2 aliphatic heterocycles. The third-order valence-corrected chi connectivity index (χ3v) is 5.71. The van der Waals surface area contributed by atoms with E-state index in [9.17, 15) is 4.79 Å². The summed E-state index contributed by atoms with van der Waals surface area (Å²) in [5.41, 5.74) is 1.07. The average Bonchev–Trinajstić information content (AvgIpc) is 2.89. The van der Waals surface area contributed by atoms with E-state index in [0.29, 0.717) is 11.9 Å². The Morgan fingerprint density at radius 2 is 2.09 bits per heavy atom. The van der Waals surface area contributed by atoms with Gasteiger partial charge >= 0.3 is 0 Å². The molecule has 0 bridgehead atoms. The summed E-state index contributed by atoms with van der Waals surface area (Å²) in [7, 11) is 0. The molecule has 2 fully saturated rings. The highest BCUT2D eigenvalue weighted by Gasteiger charge is 2.29. The molecule has 3 heterocycles. The molecule has 2 aliphatic rings. The van der Waals surface area contributed by atoms with Crippen LogP contribution in [0.25, 0.3) is 0 Å². The van der Waals surface area contributed by atoms with Gasteiger partial charge in [0.15, 0.2) is 0 Å². The van der Waals surface area contributed by atoms with Gasteiger partial charge in [-0.25, -0.2) is 0 Å². The van der Waals surface area contributed by atoms with Crippen molar-refractivity contribution in [1.82, 2.24) is 14.8 Å². The van der Waals surface area contributed by atoms with Crippen molar-refractivity contribution in [3.63, 3.8) is 0 Å². The first-order chi connectivity index (χ1) is 10.6. The molecule has 0 aromatic carbocycles. The van der Waals surface area contributed by atoms with Crippen LogP contribution >= 0.6 is 31.9 Å². The van der Waals surface area contributed by atoms with Crippen LogP contribution in [0.3, 0.4) is 0 Å². The van der Waals surface area contributed by atoms with Gasteiger partial charge in [0.2, 0.25) is 5.91 Å². The summed E-state index contributed by atoms with van der Waals surface area (Å²) in [5, 5.41) is 0. The van der Waals surface area contributed by atoms with Crippen molar-refractivity contribution in [3.05, 3.63) is 26.9 Å². The molecule has 6 heteroatoms. The Hall–Kier alpha value is -0.460. The molecule has 2 saturated heterocycles. The number of nitrogens with zero attached hydrogens (tertiary/aromatic N) is 3. The molecule has 0 saturated carbocycles. The first-order valence-electron chi connectivity index (χ1n) is 7.95. The van der Waals surface area contributed by atoms with E-state index >= 15 is 0 Å². The highest BCUT2D eigenvalue weighted by atomic mass is 79.9. The minimum atomic E-state index is 0.327. The minimum absolute atomic E-state index is 0.327. The van der Waals surface area contributed by atoms with Crippen LogP contribution in [-0.2, 0) is 11.3 Å². The molecular formula is C16H21Br2N3O. The van der Waals surface area contributed by atoms with Crippen LogP contribution in [0.1, 0.15) is 37.8 Å². The van der Waals surface area contributed by atoms with Gasteiger partial charge in [-0.15, -0.1) is 0 Å². The maximum absolute atomic E-state index is 11.9. The lowest BCUT2D eigenvalue weighted by Crippen LogP contribution is -2.46. The molecule has 0 spiro atoms. The number of amides is 1. The maximum atomic E-state index is 11.9. The highest BCUT2D eigenvalue weighted by molar-refractivity contribution is 9.11. The number of carbonyl (C=O) groups is 1. The molecule has 22 heavy (non-hydrogen) atoms. The van der Waals surface area contributed by atoms with E-state index in [-0.39, 0.29) is 0 Å². The third kappa shape index (κ3) is 3.89. The number of aromatic nitrogens is 1. The van der Waals surface area contributed by atoms with Gasteiger partial charge in [0.25, 0.3) is 0 Å². The second-order valence-corrected chi connectivity index (χ2v) is 7.92. The Morgan fingerprint density at radius 1 is 1.23 bits per heavy atom. The van der Waals surface area contributed by atoms with E-state index in [4.69, 9.17) is 0 Å². The summed E-state index contributed by atoms with van der Waals surface area (Å²) in [6, 6.07) is 2.51. The standard InChI is InChI=1S/C16H21Br2N3O/c17-12-8-14(18)15(19-9-12)11-20-6-2-1-4-13(20)10-21-7-3-5-16(21)22/h8-9,13H,1-7,10-11H2. The highest BCUT2D eigenvalue weighted by Crippen LogP contribution is 2.25. The van der Waals surface area contributed by atoms with Crippen LogP contribution in [0.4, 0.5) is 0 Å². The number of hydrogen-bond donors (Lipinski definition) is 0. The Bertz CT molecular complexity index is 552. The summed E-state index contributed by atoms with van der Waals surface area (Å²) < 4.78 is 2.03. The summed E-state index contributed by atoms with van der Waals surface area (Å²) in [6.07, 6.45) is 7.27. The van der Waals surface area contributed by atoms with Crippen molar-refractivity contribution in [2.45, 2.75) is 44.7 Å². The quantitative estimate of drug-likeness (QED) is 0.732. The number of pyridine rings is 1. The largest absolute Gasteiger partial charge is 0.341 e. The molecule has 4 nitrogen and oxygen atoms in total.